The smallest absolute Gasteiger partial charge is 0.211 e. The van der Waals surface area contributed by atoms with Gasteiger partial charge in [-0.15, -0.1) is 0 Å². The lowest BCUT2D eigenvalue weighted by Gasteiger charge is -2.27. The zero-order valence-corrected chi connectivity index (χ0v) is 13.7. The molecule has 1 fully saturated rings. The molecule has 0 bridgehead atoms. The minimum absolute atomic E-state index is 0.118. The van der Waals surface area contributed by atoms with Crippen LogP contribution in [0.25, 0.3) is 11.0 Å². The Balaban J connectivity index is 1.50. The van der Waals surface area contributed by atoms with E-state index in [0.29, 0.717) is 12.3 Å². The Labute approximate surface area is 140 Å². The van der Waals surface area contributed by atoms with Gasteiger partial charge >= 0.3 is 0 Å². The van der Waals surface area contributed by atoms with E-state index in [-0.39, 0.29) is 11.8 Å². The molecule has 1 aromatic carbocycles. The van der Waals surface area contributed by atoms with Crippen molar-refractivity contribution in [2.24, 2.45) is 5.16 Å². The summed E-state index contributed by atoms with van der Waals surface area (Å²) in [5.74, 6) is 0.457. The number of para-hydroxylation sites is 1. The van der Waals surface area contributed by atoms with Crippen LogP contribution < -0.4 is 0 Å². The molecule has 1 aromatic heterocycles. The molecular weight excluding hydrogens is 316 g/mol. The van der Waals surface area contributed by atoms with Crippen LogP contribution in [0.2, 0.25) is 0 Å². The highest BCUT2D eigenvalue weighted by Crippen LogP contribution is 2.20. The van der Waals surface area contributed by atoms with Crippen LogP contribution in [0.5, 0.6) is 0 Å². The molecule has 0 saturated carbocycles. The lowest BCUT2D eigenvalue weighted by molar-refractivity contribution is 0.0160. The molecular formula is C17H21ClN2O3. The molecule has 1 saturated heterocycles. The van der Waals surface area contributed by atoms with E-state index in [1.165, 1.54) is 19.3 Å². The molecule has 1 N–H and O–H groups in total. The third-order valence-corrected chi connectivity index (χ3v) is 4.21. The SMILES string of the molecule is OC(CO/N=C(\Cl)c1cc2ccccc2o1)CN1CCCCC1. The van der Waals surface area contributed by atoms with Crippen molar-refractivity contribution in [1.82, 2.24) is 4.90 Å². The van der Waals surface area contributed by atoms with Crippen molar-refractivity contribution in [3.63, 3.8) is 0 Å². The standard InChI is InChI=1S/C17H21ClN2O3/c18-17(16-10-13-6-2-3-7-15(13)23-16)19-22-12-14(21)11-20-8-4-1-5-9-20/h2-3,6-7,10,14,21H,1,4-5,8-9,11-12H2/b19-17-. The maximum atomic E-state index is 10.00. The van der Waals surface area contributed by atoms with Gasteiger partial charge in [-0.2, -0.15) is 0 Å². The minimum atomic E-state index is -0.572. The monoisotopic (exact) mass is 336 g/mol. The maximum Gasteiger partial charge on any atom is 0.211 e. The van der Waals surface area contributed by atoms with Gasteiger partial charge in [-0.3, -0.25) is 0 Å². The van der Waals surface area contributed by atoms with E-state index in [4.69, 9.17) is 20.9 Å². The first-order valence-corrected chi connectivity index (χ1v) is 8.35. The van der Waals surface area contributed by atoms with Crippen LogP contribution in [-0.2, 0) is 4.84 Å². The van der Waals surface area contributed by atoms with E-state index in [0.717, 1.165) is 24.1 Å². The summed E-state index contributed by atoms with van der Waals surface area (Å²) in [6.07, 6.45) is 3.10. The molecule has 2 heterocycles. The first kappa shape index (κ1) is 16.3. The van der Waals surface area contributed by atoms with E-state index < -0.39 is 6.10 Å². The van der Waals surface area contributed by atoms with Gasteiger partial charge in [0.1, 0.15) is 18.3 Å². The quantitative estimate of drug-likeness (QED) is 0.650. The number of fused-ring (bicyclic) bond motifs is 1. The summed E-state index contributed by atoms with van der Waals surface area (Å²) in [6.45, 7) is 2.81. The first-order chi connectivity index (χ1) is 11.2. The second-order valence-corrected chi connectivity index (χ2v) is 6.20. The zero-order chi connectivity index (χ0) is 16.1. The van der Waals surface area contributed by atoms with Gasteiger partial charge in [-0.05, 0) is 38.1 Å². The molecule has 1 unspecified atom stereocenters. The Kier molecular flexibility index (Phi) is 5.54. The predicted octanol–water partition coefficient (Wildman–Crippen LogP) is 3.20. The molecule has 0 aliphatic carbocycles. The third kappa shape index (κ3) is 4.47. The van der Waals surface area contributed by atoms with E-state index in [1.807, 2.05) is 30.3 Å². The predicted molar refractivity (Wildman–Crippen MR) is 90.9 cm³/mol. The number of nitrogens with zero attached hydrogens (tertiary/aromatic N) is 2. The van der Waals surface area contributed by atoms with Gasteiger partial charge in [-0.25, -0.2) is 0 Å². The Morgan fingerprint density at radius 2 is 2.09 bits per heavy atom. The molecule has 2 aromatic rings. The van der Waals surface area contributed by atoms with E-state index in [2.05, 4.69) is 10.1 Å². The molecule has 0 spiro atoms. The van der Waals surface area contributed by atoms with Crippen LogP contribution in [0.3, 0.4) is 0 Å². The molecule has 1 aliphatic rings. The number of aliphatic hydroxyl groups excluding tert-OH is 1. The molecule has 1 atom stereocenters. The number of furan rings is 1. The summed E-state index contributed by atoms with van der Waals surface area (Å²) in [4.78, 5) is 7.42. The average Bonchev–Trinajstić information content (AvgIpc) is 3.00. The van der Waals surface area contributed by atoms with Gasteiger partial charge in [-0.1, -0.05) is 41.4 Å². The molecule has 23 heavy (non-hydrogen) atoms. The Morgan fingerprint density at radius 1 is 1.30 bits per heavy atom. The number of aliphatic hydroxyl groups is 1. The van der Waals surface area contributed by atoms with Gasteiger partial charge in [0.05, 0.1) is 0 Å². The molecule has 3 rings (SSSR count). The highest BCUT2D eigenvalue weighted by molar-refractivity contribution is 6.69. The van der Waals surface area contributed by atoms with E-state index in [9.17, 15) is 5.11 Å². The van der Waals surface area contributed by atoms with Crippen molar-refractivity contribution in [1.29, 1.82) is 0 Å². The molecule has 6 heteroatoms. The number of halogens is 1. The fourth-order valence-electron chi connectivity index (χ4n) is 2.80. The average molecular weight is 337 g/mol. The summed E-state index contributed by atoms with van der Waals surface area (Å²) in [6, 6.07) is 9.45. The molecule has 0 radical (unpaired) electrons. The topological polar surface area (TPSA) is 58.2 Å². The van der Waals surface area contributed by atoms with Crippen molar-refractivity contribution in [2.75, 3.05) is 26.2 Å². The summed E-state index contributed by atoms with van der Waals surface area (Å²) in [5, 5.41) is 14.9. The number of rotatable bonds is 6. The molecule has 5 nitrogen and oxygen atoms in total. The van der Waals surface area contributed by atoms with Crippen molar-refractivity contribution >= 4 is 27.7 Å². The second kappa shape index (κ2) is 7.81. The number of benzene rings is 1. The minimum Gasteiger partial charge on any atom is -0.453 e. The lowest BCUT2D eigenvalue weighted by atomic mass is 10.1. The number of β-amino-alcohol motifs (C(OH)–C–C–N with tert-alkyl or cyclic N) is 1. The van der Waals surface area contributed by atoms with E-state index >= 15 is 0 Å². The van der Waals surface area contributed by atoms with Gasteiger partial charge < -0.3 is 19.3 Å². The normalized spacial score (nSPS) is 18.3. The third-order valence-electron chi connectivity index (χ3n) is 3.96. The van der Waals surface area contributed by atoms with Gasteiger partial charge in [0, 0.05) is 11.9 Å². The van der Waals surface area contributed by atoms with Gasteiger partial charge in [0.15, 0.2) is 5.76 Å². The number of hydrogen-bond acceptors (Lipinski definition) is 5. The zero-order valence-electron chi connectivity index (χ0n) is 12.9. The van der Waals surface area contributed by atoms with Crippen LogP contribution in [0, 0.1) is 0 Å². The Morgan fingerprint density at radius 3 is 2.87 bits per heavy atom. The fraction of sp³-hybridized carbons (Fsp3) is 0.471. The molecule has 124 valence electrons. The largest absolute Gasteiger partial charge is 0.453 e. The maximum absolute atomic E-state index is 10.00. The first-order valence-electron chi connectivity index (χ1n) is 7.97. The van der Waals surface area contributed by atoms with Crippen LogP contribution in [0.15, 0.2) is 39.9 Å². The summed E-state index contributed by atoms with van der Waals surface area (Å²) in [7, 11) is 0. The highest BCUT2D eigenvalue weighted by Gasteiger charge is 2.15. The fourth-order valence-corrected chi connectivity index (χ4v) is 2.94. The van der Waals surface area contributed by atoms with Crippen molar-refractivity contribution in [3.8, 4) is 0 Å². The summed E-state index contributed by atoms with van der Waals surface area (Å²) < 4.78 is 5.60. The van der Waals surface area contributed by atoms with Crippen molar-refractivity contribution in [3.05, 3.63) is 36.1 Å². The van der Waals surface area contributed by atoms with Gasteiger partial charge in [0.25, 0.3) is 0 Å². The number of likely N-dealkylation sites (tertiary alicyclic amines) is 1. The lowest BCUT2D eigenvalue weighted by Crippen LogP contribution is -2.38. The molecule has 1 aliphatic heterocycles. The number of oxime groups is 1. The second-order valence-electron chi connectivity index (χ2n) is 5.84. The number of piperidine rings is 1. The van der Waals surface area contributed by atoms with Crippen LogP contribution in [0.1, 0.15) is 25.0 Å². The van der Waals surface area contributed by atoms with Gasteiger partial charge in [0.2, 0.25) is 5.17 Å². The highest BCUT2D eigenvalue weighted by atomic mass is 35.5. The Bertz CT molecular complexity index is 632. The van der Waals surface area contributed by atoms with Crippen LogP contribution in [0.4, 0.5) is 0 Å². The molecule has 0 amide bonds. The van der Waals surface area contributed by atoms with Crippen LogP contribution in [-0.4, -0.2) is 47.5 Å². The summed E-state index contributed by atoms with van der Waals surface area (Å²) in [5.41, 5.74) is 0.751. The van der Waals surface area contributed by atoms with Crippen molar-refractivity contribution < 1.29 is 14.4 Å². The number of hydrogen-bond donors (Lipinski definition) is 1. The van der Waals surface area contributed by atoms with Crippen molar-refractivity contribution in [2.45, 2.75) is 25.4 Å². The Hall–Kier alpha value is -1.56. The van der Waals surface area contributed by atoms with E-state index in [1.54, 1.807) is 0 Å². The van der Waals surface area contributed by atoms with Crippen LogP contribution >= 0.6 is 11.6 Å². The summed E-state index contributed by atoms with van der Waals surface area (Å²) >= 11 is 6.09.